The van der Waals surface area contributed by atoms with Crippen molar-refractivity contribution in [3.8, 4) is 11.1 Å². The molecule has 1 heterocycles. The first-order chi connectivity index (χ1) is 13.7. The molecule has 1 aliphatic rings. The molecule has 0 aromatic heterocycles. The zero-order valence-corrected chi connectivity index (χ0v) is 15.9. The van der Waals surface area contributed by atoms with Crippen LogP contribution in [0.25, 0.3) is 11.1 Å². The van der Waals surface area contributed by atoms with E-state index < -0.39 is 29.5 Å². The Balaban J connectivity index is 1.82. The van der Waals surface area contributed by atoms with Crippen LogP contribution in [-0.4, -0.2) is 30.8 Å². The average molecular weight is 399 g/mol. The van der Waals surface area contributed by atoms with Gasteiger partial charge in [-0.15, -0.1) is 0 Å². The van der Waals surface area contributed by atoms with Gasteiger partial charge in [0.25, 0.3) is 5.79 Å². The quantitative estimate of drug-likeness (QED) is 0.479. The monoisotopic (exact) mass is 399 g/mol. The van der Waals surface area contributed by atoms with Gasteiger partial charge < -0.3 is 19.5 Å². The van der Waals surface area contributed by atoms with E-state index in [-0.39, 0.29) is 11.1 Å². The molecule has 7 nitrogen and oxygen atoms in total. The molecule has 0 spiro atoms. The van der Waals surface area contributed by atoms with Gasteiger partial charge in [-0.25, -0.2) is 18.8 Å². The number of hydrogen-bond acceptors (Lipinski definition) is 7. The van der Waals surface area contributed by atoms with Crippen LogP contribution >= 0.6 is 0 Å². The van der Waals surface area contributed by atoms with Gasteiger partial charge >= 0.3 is 17.9 Å². The summed E-state index contributed by atoms with van der Waals surface area (Å²) in [5.41, 5.74) is 1.29. The zero-order chi connectivity index (χ0) is 21.2. The Morgan fingerprint density at radius 1 is 1.07 bits per heavy atom. The Morgan fingerprint density at radius 3 is 2.34 bits per heavy atom. The molecule has 3 rings (SSSR count). The summed E-state index contributed by atoms with van der Waals surface area (Å²) in [6.45, 7) is 2.92. The largest absolute Gasteiger partial charge is 0.465 e. The van der Waals surface area contributed by atoms with Crippen LogP contribution in [0.15, 0.2) is 54.2 Å². The topological polar surface area (TPSA) is 90.9 Å². The van der Waals surface area contributed by atoms with Gasteiger partial charge in [0.2, 0.25) is 0 Å². The van der Waals surface area contributed by atoms with Crippen molar-refractivity contribution in [1.82, 2.24) is 0 Å². The van der Waals surface area contributed by atoms with Crippen LogP contribution in [0.5, 0.6) is 0 Å². The third-order valence-corrected chi connectivity index (χ3v) is 4.07. The second kappa shape index (κ2) is 7.75. The van der Waals surface area contributed by atoms with E-state index in [0.29, 0.717) is 16.8 Å². The highest BCUT2D eigenvalue weighted by atomic mass is 19.1. The molecule has 2 aromatic rings. The van der Waals surface area contributed by atoms with Gasteiger partial charge in [0, 0.05) is 25.7 Å². The minimum atomic E-state index is -1.31. The van der Waals surface area contributed by atoms with Crippen LogP contribution in [0.1, 0.15) is 24.2 Å². The number of anilines is 1. The van der Waals surface area contributed by atoms with Gasteiger partial charge in [0.05, 0.1) is 12.7 Å². The van der Waals surface area contributed by atoms with Crippen molar-refractivity contribution in [2.45, 2.75) is 19.6 Å². The third kappa shape index (κ3) is 4.43. The van der Waals surface area contributed by atoms with E-state index in [1.165, 1.54) is 39.3 Å². The highest BCUT2D eigenvalue weighted by molar-refractivity contribution is 6.15. The lowest BCUT2D eigenvalue weighted by atomic mass is 10.0. The number of benzene rings is 2. The number of halogens is 1. The Kier molecular flexibility index (Phi) is 5.36. The maximum absolute atomic E-state index is 14.2. The summed E-state index contributed by atoms with van der Waals surface area (Å²) >= 11 is 0. The molecule has 0 radical (unpaired) electrons. The number of nitrogens with one attached hydrogen (secondary N) is 1. The highest BCUT2D eigenvalue weighted by Crippen LogP contribution is 2.26. The molecule has 8 heteroatoms. The summed E-state index contributed by atoms with van der Waals surface area (Å²) in [6, 6.07) is 11.0. The van der Waals surface area contributed by atoms with E-state index >= 15 is 0 Å². The highest BCUT2D eigenvalue weighted by Gasteiger charge is 2.38. The average Bonchev–Trinajstić information content (AvgIpc) is 2.66. The maximum atomic E-state index is 14.2. The second-order valence-electron chi connectivity index (χ2n) is 6.65. The molecule has 1 saturated heterocycles. The number of rotatable bonds is 4. The summed E-state index contributed by atoms with van der Waals surface area (Å²) in [5.74, 6) is -4.37. The van der Waals surface area contributed by atoms with Crippen molar-refractivity contribution in [1.29, 1.82) is 0 Å². The van der Waals surface area contributed by atoms with Crippen LogP contribution in [-0.2, 0) is 23.8 Å². The first-order valence-corrected chi connectivity index (χ1v) is 8.62. The molecular formula is C21H18FNO6. The summed E-state index contributed by atoms with van der Waals surface area (Å²) in [4.78, 5) is 35.4. The molecule has 0 aliphatic carbocycles. The Hall–Kier alpha value is -3.68. The van der Waals surface area contributed by atoms with Gasteiger partial charge in [-0.1, -0.05) is 18.2 Å². The molecule has 150 valence electrons. The molecule has 29 heavy (non-hydrogen) atoms. The Morgan fingerprint density at radius 2 is 1.72 bits per heavy atom. The molecule has 2 aromatic carbocycles. The van der Waals surface area contributed by atoms with Crippen LogP contribution in [0.3, 0.4) is 0 Å². The van der Waals surface area contributed by atoms with E-state index in [1.807, 2.05) is 0 Å². The summed E-state index contributed by atoms with van der Waals surface area (Å²) < 4.78 is 28.8. The lowest BCUT2D eigenvalue weighted by molar-refractivity contribution is -0.222. The van der Waals surface area contributed by atoms with E-state index in [9.17, 15) is 18.8 Å². The fourth-order valence-corrected chi connectivity index (χ4v) is 2.69. The van der Waals surface area contributed by atoms with E-state index in [1.54, 1.807) is 30.3 Å². The van der Waals surface area contributed by atoms with E-state index in [0.717, 1.165) is 0 Å². The zero-order valence-electron chi connectivity index (χ0n) is 15.9. The molecule has 1 aliphatic heterocycles. The Labute approximate surface area is 166 Å². The molecule has 0 amide bonds. The number of esters is 3. The van der Waals surface area contributed by atoms with Crippen molar-refractivity contribution < 1.29 is 33.0 Å². The second-order valence-corrected chi connectivity index (χ2v) is 6.65. The number of carbonyl (C=O) groups is 3. The van der Waals surface area contributed by atoms with Gasteiger partial charge in [-0.3, -0.25) is 0 Å². The fourth-order valence-electron chi connectivity index (χ4n) is 2.69. The first kappa shape index (κ1) is 20.1. The van der Waals surface area contributed by atoms with Gasteiger partial charge in [0.1, 0.15) is 5.82 Å². The van der Waals surface area contributed by atoms with Crippen molar-refractivity contribution in [2.75, 3.05) is 12.4 Å². The lowest BCUT2D eigenvalue weighted by Crippen LogP contribution is -2.42. The van der Waals surface area contributed by atoms with E-state index in [4.69, 9.17) is 9.47 Å². The molecule has 1 N–H and O–H groups in total. The number of cyclic esters (lactones) is 2. The smallest absolute Gasteiger partial charge is 0.350 e. The normalized spacial score (nSPS) is 15.2. The number of ether oxygens (including phenoxy) is 3. The lowest BCUT2D eigenvalue weighted by Gasteiger charge is -2.29. The van der Waals surface area contributed by atoms with Crippen molar-refractivity contribution in [3.63, 3.8) is 0 Å². The van der Waals surface area contributed by atoms with Crippen LogP contribution in [0.2, 0.25) is 0 Å². The standard InChI is InChI=1S/C21H18FNO6/c1-21(2)28-19(25)16(20(26)29-21)11-23-14-6-4-5-12(9-14)13-7-8-15(17(22)10-13)18(24)27-3/h4-11,23H,1-3H3. The molecule has 0 saturated carbocycles. The van der Waals surface area contributed by atoms with Crippen molar-refractivity contribution >= 4 is 23.6 Å². The molecule has 0 atom stereocenters. The SMILES string of the molecule is COC(=O)c1ccc(-c2cccc(NC=C3C(=O)OC(C)(C)OC3=O)c2)cc1F. The van der Waals surface area contributed by atoms with Crippen molar-refractivity contribution in [2.24, 2.45) is 0 Å². The van der Waals surface area contributed by atoms with Crippen molar-refractivity contribution in [3.05, 3.63) is 65.6 Å². The molecule has 0 bridgehead atoms. The van der Waals surface area contributed by atoms with Crippen LogP contribution in [0.4, 0.5) is 10.1 Å². The van der Waals surface area contributed by atoms with Crippen LogP contribution in [0, 0.1) is 5.82 Å². The minimum absolute atomic E-state index is 0.160. The predicted molar refractivity (Wildman–Crippen MR) is 101 cm³/mol. The number of carbonyl (C=O) groups excluding carboxylic acids is 3. The number of hydrogen-bond donors (Lipinski definition) is 1. The van der Waals surface area contributed by atoms with Gasteiger partial charge in [0.15, 0.2) is 5.57 Å². The molecule has 1 fully saturated rings. The molecular weight excluding hydrogens is 381 g/mol. The molecule has 0 unspecified atom stereocenters. The minimum Gasteiger partial charge on any atom is -0.465 e. The van der Waals surface area contributed by atoms with Crippen LogP contribution < -0.4 is 5.32 Å². The maximum Gasteiger partial charge on any atom is 0.350 e. The number of methoxy groups -OCH3 is 1. The van der Waals surface area contributed by atoms with Gasteiger partial charge in [-0.05, 0) is 35.4 Å². The summed E-state index contributed by atoms with van der Waals surface area (Å²) in [7, 11) is 1.18. The summed E-state index contributed by atoms with van der Waals surface area (Å²) in [5, 5.41) is 2.83. The third-order valence-electron chi connectivity index (χ3n) is 4.07. The van der Waals surface area contributed by atoms with Gasteiger partial charge in [-0.2, -0.15) is 0 Å². The predicted octanol–water partition coefficient (Wildman–Crippen LogP) is 3.41. The summed E-state index contributed by atoms with van der Waals surface area (Å²) in [6.07, 6.45) is 1.19. The first-order valence-electron chi connectivity index (χ1n) is 8.62. The Bertz CT molecular complexity index is 1010. The fraction of sp³-hybridized carbons (Fsp3) is 0.190. The van der Waals surface area contributed by atoms with E-state index in [2.05, 4.69) is 10.1 Å².